The molecule has 0 fully saturated rings. The second kappa shape index (κ2) is 26.1. The van der Waals surface area contributed by atoms with E-state index in [1.165, 1.54) is 51.4 Å². The number of hydrogen-bond acceptors (Lipinski definition) is 6. The molecule has 0 rings (SSSR count). The molecule has 2 N–H and O–H groups in total. The molecule has 6 nitrogen and oxygen atoms in total. The molecule has 32 heavy (non-hydrogen) atoms. The van der Waals surface area contributed by atoms with Crippen molar-refractivity contribution in [2.75, 3.05) is 26.4 Å². The van der Waals surface area contributed by atoms with Crippen molar-refractivity contribution in [3.63, 3.8) is 0 Å². The fraction of sp³-hybridized carbons (Fsp3) is 0.923. The van der Waals surface area contributed by atoms with Gasteiger partial charge in [0.05, 0.1) is 13.2 Å². The third-order valence-corrected chi connectivity index (χ3v) is 5.64. The molecular formula is C26H50O6. The molecule has 0 aromatic heterocycles. The Morgan fingerprint density at radius 1 is 0.406 bits per heavy atom. The summed E-state index contributed by atoms with van der Waals surface area (Å²) in [4.78, 5) is 23.4. The Hall–Kier alpha value is -1.14. The van der Waals surface area contributed by atoms with Crippen molar-refractivity contribution in [2.45, 2.75) is 128 Å². The van der Waals surface area contributed by atoms with Crippen molar-refractivity contribution in [3.8, 4) is 0 Å². The van der Waals surface area contributed by atoms with Gasteiger partial charge in [-0.1, -0.05) is 77.0 Å². The van der Waals surface area contributed by atoms with Gasteiger partial charge in [-0.15, -0.1) is 0 Å². The summed E-state index contributed by atoms with van der Waals surface area (Å²) >= 11 is 0. The summed E-state index contributed by atoms with van der Waals surface area (Å²) in [5.41, 5.74) is 0. The number of aliphatic hydroxyl groups excluding tert-OH is 2. The quantitative estimate of drug-likeness (QED) is 0.131. The van der Waals surface area contributed by atoms with Crippen molar-refractivity contribution in [2.24, 2.45) is 0 Å². The standard InChI is InChI=1S/C26H50O6/c27-21-15-9-5-1-3-7-11-17-23-31-25(29)19-13-14-20-26(30)32-24-18-12-8-4-2-6-10-16-22-28/h27-28H,1-24H2. The smallest absolute Gasteiger partial charge is 0.305 e. The molecule has 0 aromatic carbocycles. The Balaban J connectivity index is 3.29. The van der Waals surface area contributed by atoms with Crippen LogP contribution in [0.3, 0.4) is 0 Å². The first-order valence-electron chi connectivity index (χ1n) is 13.2. The molecule has 190 valence electrons. The normalized spacial score (nSPS) is 10.9. The molecule has 0 atom stereocenters. The monoisotopic (exact) mass is 458 g/mol. The van der Waals surface area contributed by atoms with Gasteiger partial charge >= 0.3 is 11.9 Å². The highest BCUT2D eigenvalue weighted by atomic mass is 16.5. The van der Waals surface area contributed by atoms with E-state index >= 15 is 0 Å². The zero-order valence-corrected chi connectivity index (χ0v) is 20.5. The molecule has 0 bridgehead atoms. The van der Waals surface area contributed by atoms with Crippen LogP contribution < -0.4 is 0 Å². The van der Waals surface area contributed by atoms with E-state index < -0.39 is 0 Å². The maximum atomic E-state index is 11.7. The third-order valence-electron chi connectivity index (χ3n) is 5.64. The van der Waals surface area contributed by atoms with Crippen LogP contribution in [0.1, 0.15) is 128 Å². The second-order valence-electron chi connectivity index (χ2n) is 8.75. The lowest BCUT2D eigenvalue weighted by atomic mass is 10.1. The van der Waals surface area contributed by atoms with E-state index in [0.29, 0.717) is 52.1 Å². The van der Waals surface area contributed by atoms with Crippen LogP contribution in [0, 0.1) is 0 Å². The van der Waals surface area contributed by atoms with E-state index in [-0.39, 0.29) is 11.9 Å². The molecule has 0 saturated carbocycles. The average Bonchev–Trinajstić information content (AvgIpc) is 2.79. The summed E-state index contributed by atoms with van der Waals surface area (Å²) in [6, 6.07) is 0. The van der Waals surface area contributed by atoms with Gasteiger partial charge in [0, 0.05) is 26.1 Å². The van der Waals surface area contributed by atoms with Crippen LogP contribution in [-0.2, 0) is 19.1 Å². The molecule has 0 aromatic rings. The summed E-state index contributed by atoms with van der Waals surface area (Å²) in [6.07, 6.45) is 19.7. The number of unbranched alkanes of at least 4 members (excludes halogenated alkanes) is 15. The highest BCUT2D eigenvalue weighted by molar-refractivity contribution is 5.70. The van der Waals surface area contributed by atoms with E-state index in [1.807, 2.05) is 0 Å². The molecule has 0 aliphatic rings. The van der Waals surface area contributed by atoms with Gasteiger partial charge < -0.3 is 19.7 Å². The minimum absolute atomic E-state index is 0.168. The maximum Gasteiger partial charge on any atom is 0.305 e. The van der Waals surface area contributed by atoms with Gasteiger partial charge in [-0.3, -0.25) is 9.59 Å². The second-order valence-corrected chi connectivity index (χ2v) is 8.75. The first-order chi connectivity index (χ1) is 15.7. The lowest BCUT2D eigenvalue weighted by Crippen LogP contribution is -2.08. The van der Waals surface area contributed by atoms with Crippen LogP contribution in [0.2, 0.25) is 0 Å². The van der Waals surface area contributed by atoms with Crippen molar-refractivity contribution < 1.29 is 29.3 Å². The Morgan fingerprint density at radius 3 is 1.00 bits per heavy atom. The zero-order valence-electron chi connectivity index (χ0n) is 20.5. The van der Waals surface area contributed by atoms with Crippen LogP contribution in [-0.4, -0.2) is 48.6 Å². The van der Waals surface area contributed by atoms with Gasteiger partial charge in [-0.05, 0) is 38.5 Å². The Kier molecular flexibility index (Phi) is 25.2. The molecule has 0 amide bonds. The van der Waals surface area contributed by atoms with Gasteiger partial charge in [0.1, 0.15) is 0 Å². The number of ether oxygens (including phenoxy) is 2. The maximum absolute atomic E-state index is 11.7. The summed E-state index contributed by atoms with van der Waals surface area (Å²) in [5.74, 6) is -0.336. The number of carbonyl (C=O) groups is 2. The third kappa shape index (κ3) is 25.1. The molecule has 0 aliphatic heterocycles. The summed E-state index contributed by atoms with van der Waals surface area (Å²) in [6.45, 7) is 1.58. The van der Waals surface area contributed by atoms with Gasteiger partial charge in [0.2, 0.25) is 0 Å². The van der Waals surface area contributed by atoms with Crippen molar-refractivity contribution >= 4 is 11.9 Å². The lowest BCUT2D eigenvalue weighted by Gasteiger charge is -2.06. The van der Waals surface area contributed by atoms with E-state index in [0.717, 1.165) is 51.4 Å². The summed E-state index contributed by atoms with van der Waals surface area (Å²) < 4.78 is 10.5. The minimum atomic E-state index is -0.168. The Labute approximate surface area is 196 Å². The highest BCUT2D eigenvalue weighted by Crippen LogP contribution is 2.10. The van der Waals surface area contributed by atoms with Crippen LogP contribution in [0.15, 0.2) is 0 Å². The van der Waals surface area contributed by atoms with Gasteiger partial charge in [-0.2, -0.15) is 0 Å². The molecule has 0 spiro atoms. The minimum Gasteiger partial charge on any atom is -0.466 e. The summed E-state index contributed by atoms with van der Waals surface area (Å²) in [7, 11) is 0. The fourth-order valence-corrected chi connectivity index (χ4v) is 3.60. The fourth-order valence-electron chi connectivity index (χ4n) is 3.60. The number of esters is 2. The average molecular weight is 459 g/mol. The first kappa shape index (κ1) is 30.9. The van der Waals surface area contributed by atoms with Gasteiger partial charge in [0.15, 0.2) is 0 Å². The molecule has 0 unspecified atom stereocenters. The van der Waals surface area contributed by atoms with E-state index in [9.17, 15) is 9.59 Å². The number of hydrogen-bond donors (Lipinski definition) is 2. The van der Waals surface area contributed by atoms with Crippen molar-refractivity contribution in [3.05, 3.63) is 0 Å². The van der Waals surface area contributed by atoms with Crippen LogP contribution in [0.4, 0.5) is 0 Å². The molecule has 0 saturated heterocycles. The predicted molar refractivity (Wildman–Crippen MR) is 128 cm³/mol. The largest absolute Gasteiger partial charge is 0.466 e. The van der Waals surface area contributed by atoms with Crippen LogP contribution in [0.5, 0.6) is 0 Å². The van der Waals surface area contributed by atoms with Crippen molar-refractivity contribution in [1.82, 2.24) is 0 Å². The van der Waals surface area contributed by atoms with Gasteiger partial charge in [0.25, 0.3) is 0 Å². The summed E-state index contributed by atoms with van der Waals surface area (Å²) in [5, 5.41) is 17.4. The molecule has 0 radical (unpaired) electrons. The Bertz CT molecular complexity index is 375. The Morgan fingerprint density at radius 2 is 0.688 bits per heavy atom. The number of carbonyl (C=O) groups excluding carboxylic acids is 2. The van der Waals surface area contributed by atoms with Crippen LogP contribution >= 0.6 is 0 Å². The molecule has 0 heterocycles. The lowest BCUT2D eigenvalue weighted by molar-refractivity contribution is -0.146. The SMILES string of the molecule is O=C(CCCCC(=O)OCCCCCCCCCCO)OCCCCCCCCCCO. The highest BCUT2D eigenvalue weighted by Gasteiger charge is 2.06. The first-order valence-corrected chi connectivity index (χ1v) is 13.2. The van der Waals surface area contributed by atoms with Crippen LogP contribution in [0.25, 0.3) is 0 Å². The van der Waals surface area contributed by atoms with E-state index in [4.69, 9.17) is 19.7 Å². The van der Waals surface area contributed by atoms with Crippen molar-refractivity contribution in [1.29, 1.82) is 0 Å². The molecule has 6 heteroatoms. The number of aliphatic hydroxyl groups is 2. The molecule has 0 aliphatic carbocycles. The topological polar surface area (TPSA) is 93.1 Å². The molecular weight excluding hydrogens is 408 g/mol. The van der Waals surface area contributed by atoms with Gasteiger partial charge in [-0.25, -0.2) is 0 Å². The van der Waals surface area contributed by atoms with E-state index in [2.05, 4.69) is 0 Å². The van der Waals surface area contributed by atoms with E-state index in [1.54, 1.807) is 0 Å². The zero-order chi connectivity index (χ0) is 23.5. The predicted octanol–water partition coefficient (Wildman–Crippen LogP) is 5.86. The number of rotatable bonds is 25.